The van der Waals surface area contributed by atoms with E-state index < -0.39 is 34.5 Å². The molecule has 0 radical (unpaired) electrons. The number of benzene rings is 1. The van der Waals surface area contributed by atoms with Gasteiger partial charge >= 0.3 is 5.97 Å². The van der Waals surface area contributed by atoms with Crippen LogP contribution in [-0.2, 0) is 4.79 Å². The summed E-state index contributed by atoms with van der Waals surface area (Å²) in [4.78, 5) is 25.9. The van der Waals surface area contributed by atoms with Crippen molar-refractivity contribution in [1.82, 2.24) is 4.90 Å². The van der Waals surface area contributed by atoms with E-state index in [1.165, 1.54) is 24.1 Å². The zero-order valence-electron chi connectivity index (χ0n) is 14.1. The van der Waals surface area contributed by atoms with Gasteiger partial charge in [-0.3, -0.25) is 9.59 Å². The molecule has 25 heavy (non-hydrogen) atoms. The quantitative estimate of drug-likeness (QED) is 0.883. The first-order valence-electron chi connectivity index (χ1n) is 8.42. The van der Waals surface area contributed by atoms with Gasteiger partial charge in [-0.05, 0) is 37.3 Å². The highest BCUT2D eigenvalue weighted by Crippen LogP contribution is 2.45. The van der Waals surface area contributed by atoms with Gasteiger partial charge in [0.25, 0.3) is 5.91 Å². The normalized spacial score (nSPS) is 23.4. The van der Waals surface area contributed by atoms with Gasteiger partial charge in [0.15, 0.2) is 11.6 Å². The van der Waals surface area contributed by atoms with Crippen molar-refractivity contribution in [2.45, 2.75) is 32.1 Å². The summed E-state index contributed by atoms with van der Waals surface area (Å²) in [5, 5.41) is 9.71. The number of carboxylic acid groups (broad SMARTS) is 1. The Morgan fingerprint density at radius 3 is 2.64 bits per heavy atom. The highest BCUT2D eigenvalue weighted by molar-refractivity contribution is 5.95. The molecular formula is C18H21F2NO4. The number of methoxy groups -OCH3 is 1. The summed E-state index contributed by atoms with van der Waals surface area (Å²) in [6, 6.07) is 2.38. The van der Waals surface area contributed by atoms with Gasteiger partial charge in [0, 0.05) is 13.1 Å². The lowest BCUT2D eigenvalue weighted by molar-refractivity contribution is -0.152. The van der Waals surface area contributed by atoms with Crippen molar-refractivity contribution in [3.05, 3.63) is 29.3 Å². The number of hydrogen-bond acceptors (Lipinski definition) is 3. The lowest BCUT2D eigenvalue weighted by atomic mass is 9.75. The third kappa shape index (κ3) is 3.32. The van der Waals surface area contributed by atoms with E-state index in [9.17, 15) is 23.5 Å². The van der Waals surface area contributed by atoms with Gasteiger partial charge in [-0.25, -0.2) is 4.39 Å². The van der Waals surface area contributed by atoms with Crippen LogP contribution in [0, 0.1) is 23.0 Å². The summed E-state index contributed by atoms with van der Waals surface area (Å²) in [7, 11) is 1.21. The number of carboxylic acids is 1. The molecule has 1 N–H and O–H groups in total. The van der Waals surface area contributed by atoms with Crippen molar-refractivity contribution in [2.75, 3.05) is 20.2 Å². The monoisotopic (exact) mass is 353 g/mol. The molecule has 1 atom stereocenters. The van der Waals surface area contributed by atoms with Crippen molar-refractivity contribution in [1.29, 1.82) is 0 Å². The first kappa shape index (κ1) is 17.6. The average Bonchev–Trinajstić information content (AvgIpc) is 3.40. The third-order valence-corrected chi connectivity index (χ3v) is 5.19. The molecule has 0 bridgehead atoms. The largest absolute Gasteiger partial charge is 0.494 e. The Balaban J connectivity index is 1.84. The van der Waals surface area contributed by atoms with E-state index in [1.54, 1.807) is 0 Å². The fourth-order valence-electron chi connectivity index (χ4n) is 3.63. The Kier molecular flexibility index (Phi) is 4.67. The highest BCUT2D eigenvalue weighted by Gasteiger charge is 2.47. The number of halogens is 2. The smallest absolute Gasteiger partial charge is 0.311 e. The molecule has 3 rings (SSSR count). The summed E-state index contributed by atoms with van der Waals surface area (Å²) in [5.74, 6) is -3.97. The van der Waals surface area contributed by atoms with Crippen molar-refractivity contribution in [3.8, 4) is 5.75 Å². The number of ether oxygens (including phenoxy) is 1. The molecule has 2 fully saturated rings. The fourth-order valence-corrected chi connectivity index (χ4v) is 3.63. The Morgan fingerprint density at radius 1 is 1.32 bits per heavy atom. The van der Waals surface area contributed by atoms with Crippen LogP contribution < -0.4 is 4.74 Å². The second-order valence-electron chi connectivity index (χ2n) is 7.01. The summed E-state index contributed by atoms with van der Waals surface area (Å²) in [6.45, 7) is 0.371. The van der Waals surface area contributed by atoms with Gasteiger partial charge in [0.1, 0.15) is 0 Å². The fraction of sp³-hybridized carbons (Fsp3) is 0.556. The molecule has 7 heteroatoms. The lowest BCUT2D eigenvalue weighted by Crippen LogP contribution is -2.50. The Hall–Kier alpha value is -2.18. The van der Waals surface area contributed by atoms with E-state index in [-0.39, 0.29) is 12.3 Å². The molecular weight excluding hydrogens is 332 g/mol. The third-order valence-electron chi connectivity index (χ3n) is 5.19. The van der Waals surface area contributed by atoms with Gasteiger partial charge < -0.3 is 14.7 Å². The number of hydrogen-bond donors (Lipinski definition) is 1. The molecule has 5 nitrogen and oxygen atoms in total. The molecule has 0 aromatic heterocycles. The Labute approximate surface area is 144 Å². The number of carbonyl (C=O) groups excluding carboxylic acids is 1. The van der Waals surface area contributed by atoms with Crippen LogP contribution in [-0.4, -0.2) is 42.1 Å². The molecule has 1 aromatic carbocycles. The van der Waals surface area contributed by atoms with Crippen LogP contribution in [0.3, 0.4) is 0 Å². The summed E-state index contributed by atoms with van der Waals surface area (Å²) in [5.41, 5.74) is -1.39. The minimum atomic E-state index is -1.27. The number of rotatable bonds is 5. The summed E-state index contributed by atoms with van der Waals surface area (Å²) in [6.07, 6.45) is 3.60. The van der Waals surface area contributed by atoms with Gasteiger partial charge in [-0.2, -0.15) is 4.39 Å². The van der Waals surface area contributed by atoms with Crippen LogP contribution in [0.5, 0.6) is 5.75 Å². The molecule has 1 saturated carbocycles. The minimum absolute atomic E-state index is 0.0325. The summed E-state index contributed by atoms with van der Waals surface area (Å²) >= 11 is 0. The maximum absolute atomic E-state index is 14.2. The van der Waals surface area contributed by atoms with Crippen LogP contribution in [0.2, 0.25) is 0 Å². The van der Waals surface area contributed by atoms with Crippen LogP contribution >= 0.6 is 0 Å². The number of carbonyl (C=O) groups is 2. The van der Waals surface area contributed by atoms with E-state index in [2.05, 4.69) is 0 Å². The molecule has 1 amide bonds. The number of likely N-dealkylation sites (tertiary alicyclic amines) is 1. The Bertz CT molecular complexity index is 705. The number of amides is 1. The maximum atomic E-state index is 14.2. The van der Waals surface area contributed by atoms with Crippen molar-refractivity contribution in [2.24, 2.45) is 11.3 Å². The highest BCUT2D eigenvalue weighted by atomic mass is 19.2. The van der Waals surface area contributed by atoms with E-state index in [0.29, 0.717) is 31.7 Å². The van der Waals surface area contributed by atoms with Crippen LogP contribution in [0.4, 0.5) is 8.78 Å². The van der Waals surface area contributed by atoms with Gasteiger partial charge in [-0.1, -0.05) is 12.8 Å². The maximum Gasteiger partial charge on any atom is 0.311 e. The molecule has 0 spiro atoms. The van der Waals surface area contributed by atoms with Crippen molar-refractivity contribution in [3.63, 3.8) is 0 Å². The summed E-state index contributed by atoms with van der Waals surface area (Å²) < 4.78 is 32.8. The van der Waals surface area contributed by atoms with Gasteiger partial charge in [-0.15, -0.1) is 0 Å². The molecule has 2 aliphatic rings. The number of nitrogens with zero attached hydrogens (tertiary/aromatic N) is 1. The predicted octanol–water partition coefficient (Wildman–Crippen LogP) is 3.08. The van der Waals surface area contributed by atoms with Crippen LogP contribution in [0.25, 0.3) is 0 Å². The molecule has 1 aliphatic heterocycles. The molecule has 1 aromatic rings. The van der Waals surface area contributed by atoms with E-state index in [4.69, 9.17) is 4.74 Å². The Morgan fingerprint density at radius 2 is 2.04 bits per heavy atom. The zero-order valence-corrected chi connectivity index (χ0v) is 14.1. The zero-order chi connectivity index (χ0) is 18.2. The molecule has 136 valence electrons. The topological polar surface area (TPSA) is 66.8 Å². The van der Waals surface area contributed by atoms with E-state index in [1.807, 2.05) is 0 Å². The first-order chi connectivity index (χ1) is 11.9. The van der Waals surface area contributed by atoms with E-state index >= 15 is 0 Å². The SMILES string of the molecule is COc1ccc(C(=O)N2CCC[C@](CC3CC3)(C(=O)O)C2)c(F)c1F. The molecule has 1 heterocycles. The van der Waals surface area contributed by atoms with Crippen molar-refractivity contribution < 1.29 is 28.2 Å². The average molecular weight is 353 g/mol. The molecule has 0 unspecified atom stereocenters. The van der Waals surface area contributed by atoms with Crippen molar-refractivity contribution >= 4 is 11.9 Å². The number of aliphatic carboxylic acids is 1. The predicted molar refractivity (Wildman–Crippen MR) is 85.5 cm³/mol. The molecule has 1 aliphatic carbocycles. The van der Waals surface area contributed by atoms with Crippen LogP contribution in [0.1, 0.15) is 42.5 Å². The minimum Gasteiger partial charge on any atom is -0.494 e. The van der Waals surface area contributed by atoms with E-state index in [0.717, 1.165) is 12.8 Å². The van der Waals surface area contributed by atoms with Crippen LogP contribution in [0.15, 0.2) is 12.1 Å². The van der Waals surface area contributed by atoms with Gasteiger partial charge in [0.2, 0.25) is 5.82 Å². The molecule has 1 saturated heterocycles. The standard InChI is InChI=1S/C18H21F2NO4/c1-25-13-6-5-12(14(19)15(13)20)16(22)21-8-2-7-18(10-21,17(23)24)9-11-3-4-11/h5-6,11H,2-4,7-10H2,1H3,(H,23,24)/t18-/m1/s1. The first-order valence-corrected chi connectivity index (χ1v) is 8.42. The second-order valence-corrected chi connectivity index (χ2v) is 7.01. The number of piperidine rings is 1. The lowest BCUT2D eigenvalue weighted by Gasteiger charge is -2.40. The van der Waals surface area contributed by atoms with Gasteiger partial charge in [0.05, 0.1) is 18.1 Å². The second kappa shape index (κ2) is 6.61.